The van der Waals surface area contributed by atoms with E-state index >= 15 is 0 Å². The Morgan fingerprint density at radius 2 is 1.89 bits per heavy atom. The Kier molecular flexibility index (Phi) is 4.38. The maximum absolute atomic E-state index is 13.6. The molecule has 2 nitrogen and oxygen atoms in total. The van der Waals surface area contributed by atoms with Gasteiger partial charge in [0.15, 0.2) is 0 Å². The molecule has 19 heavy (non-hydrogen) atoms. The van der Waals surface area contributed by atoms with Gasteiger partial charge in [-0.1, -0.05) is 29.8 Å². The zero-order valence-electron chi connectivity index (χ0n) is 10.2. The molecule has 0 radical (unpaired) electrons. The second kappa shape index (κ2) is 6.21. The van der Waals surface area contributed by atoms with E-state index in [9.17, 15) is 4.39 Å². The van der Waals surface area contributed by atoms with Crippen LogP contribution in [0.1, 0.15) is 11.1 Å². The average Bonchev–Trinajstić information content (AvgIpc) is 2.40. The van der Waals surface area contributed by atoms with Gasteiger partial charge >= 0.3 is 0 Å². The van der Waals surface area contributed by atoms with Gasteiger partial charge in [0.05, 0.1) is 12.5 Å². The van der Waals surface area contributed by atoms with E-state index in [2.05, 4.69) is 11.4 Å². The Bertz CT molecular complexity index is 603. The van der Waals surface area contributed by atoms with Crippen LogP contribution in [-0.2, 0) is 13.0 Å². The van der Waals surface area contributed by atoms with Gasteiger partial charge in [-0.05, 0) is 29.8 Å². The predicted molar refractivity (Wildman–Crippen MR) is 74.5 cm³/mol. The second-order valence-electron chi connectivity index (χ2n) is 4.12. The molecular formula is C15H12ClFN2. The normalized spacial score (nSPS) is 9.95. The Balaban J connectivity index is 2.00. The molecular weight excluding hydrogens is 263 g/mol. The summed E-state index contributed by atoms with van der Waals surface area (Å²) >= 11 is 5.69. The summed E-state index contributed by atoms with van der Waals surface area (Å²) in [5, 5.41) is 12.1. The quantitative estimate of drug-likeness (QED) is 0.909. The lowest BCUT2D eigenvalue weighted by Gasteiger charge is -2.08. The van der Waals surface area contributed by atoms with Crippen molar-refractivity contribution < 1.29 is 4.39 Å². The molecule has 0 unspecified atom stereocenters. The monoisotopic (exact) mass is 274 g/mol. The van der Waals surface area contributed by atoms with Crippen LogP contribution in [0.25, 0.3) is 0 Å². The van der Waals surface area contributed by atoms with Crippen molar-refractivity contribution in [2.24, 2.45) is 0 Å². The molecule has 0 amide bonds. The van der Waals surface area contributed by atoms with Gasteiger partial charge in [0.1, 0.15) is 5.82 Å². The van der Waals surface area contributed by atoms with Crippen LogP contribution in [0.3, 0.4) is 0 Å². The fraction of sp³-hybridized carbons (Fsp3) is 0.133. The highest BCUT2D eigenvalue weighted by Crippen LogP contribution is 2.16. The van der Waals surface area contributed by atoms with Gasteiger partial charge in [0.2, 0.25) is 0 Å². The highest BCUT2D eigenvalue weighted by molar-refractivity contribution is 6.30. The van der Waals surface area contributed by atoms with E-state index in [1.165, 1.54) is 6.07 Å². The molecule has 0 atom stereocenters. The number of benzene rings is 2. The minimum absolute atomic E-state index is 0.318. The number of nitriles is 1. The fourth-order valence-corrected chi connectivity index (χ4v) is 1.85. The third kappa shape index (κ3) is 3.70. The number of halogens is 2. The largest absolute Gasteiger partial charge is 0.381 e. The Labute approximate surface area is 116 Å². The molecule has 2 aromatic rings. The molecule has 2 aromatic carbocycles. The van der Waals surface area contributed by atoms with Crippen LogP contribution in [-0.4, -0.2) is 0 Å². The van der Waals surface area contributed by atoms with E-state index < -0.39 is 0 Å². The highest BCUT2D eigenvalue weighted by atomic mass is 35.5. The van der Waals surface area contributed by atoms with Crippen molar-refractivity contribution in [3.63, 3.8) is 0 Å². The lowest BCUT2D eigenvalue weighted by Crippen LogP contribution is -2.01. The molecule has 0 saturated heterocycles. The van der Waals surface area contributed by atoms with E-state index in [1.54, 1.807) is 12.1 Å². The summed E-state index contributed by atoms with van der Waals surface area (Å²) in [7, 11) is 0. The number of hydrogen-bond acceptors (Lipinski definition) is 2. The van der Waals surface area contributed by atoms with Crippen LogP contribution in [0.15, 0.2) is 42.5 Å². The van der Waals surface area contributed by atoms with Gasteiger partial charge in [-0.25, -0.2) is 4.39 Å². The minimum atomic E-state index is -0.318. The van der Waals surface area contributed by atoms with Crippen molar-refractivity contribution >= 4 is 17.3 Å². The smallest absolute Gasteiger partial charge is 0.129 e. The summed E-state index contributed by atoms with van der Waals surface area (Å²) in [4.78, 5) is 0. The summed E-state index contributed by atoms with van der Waals surface area (Å²) in [6.45, 7) is 0.389. The molecule has 0 fully saturated rings. The molecule has 0 aliphatic carbocycles. The van der Waals surface area contributed by atoms with Crippen molar-refractivity contribution in [1.82, 2.24) is 0 Å². The maximum atomic E-state index is 13.6. The van der Waals surface area contributed by atoms with Crippen LogP contribution in [0.5, 0.6) is 0 Å². The molecule has 0 spiro atoms. The highest BCUT2D eigenvalue weighted by Gasteiger charge is 2.02. The molecule has 0 bridgehead atoms. The van der Waals surface area contributed by atoms with Crippen molar-refractivity contribution in [3.05, 3.63) is 64.4 Å². The molecule has 0 aromatic heterocycles. The zero-order valence-corrected chi connectivity index (χ0v) is 10.9. The first kappa shape index (κ1) is 13.4. The van der Waals surface area contributed by atoms with Crippen molar-refractivity contribution in [1.29, 1.82) is 5.26 Å². The summed E-state index contributed by atoms with van der Waals surface area (Å²) in [6.07, 6.45) is 0.395. The molecule has 0 saturated carbocycles. The van der Waals surface area contributed by atoms with E-state index in [4.69, 9.17) is 16.9 Å². The summed E-state index contributed by atoms with van der Waals surface area (Å²) in [6, 6.07) is 14.2. The zero-order chi connectivity index (χ0) is 13.7. The van der Waals surface area contributed by atoms with E-state index in [-0.39, 0.29) is 5.82 Å². The van der Waals surface area contributed by atoms with E-state index in [0.29, 0.717) is 23.6 Å². The molecule has 96 valence electrons. The van der Waals surface area contributed by atoms with Crippen LogP contribution in [0, 0.1) is 17.1 Å². The first-order valence-electron chi connectivity index (χ1n) is 5.83. The lowest BCUT2D eigenvalue weighted by atomic mass is 10.1. The first-order chi connectivity index (χ1) is 9.19. The first-order valence-corrected chi connectivity index (χ1v) is 6.20. The van der Waals surface area contributed by atoms with Gasteiger partial charge in [-0.15, -0.1) is 0 Å². The van der Waals surface area contributed by atoms with Crippen molar-refractivity contribution in [3.8, 4) is 6.07 Å². The molecule has 4 heteroatoms. The van der Waals surface area contributed by atoms with Crippen LogP contribution in [0.4, 0.5) is 10.1 Å². The summed E-state index contributed by atoms with van der Waals surface area (Å²) in [5.74, 6) is -0.318. The summed E-state index contributed by atoms with van der Waals surface area (Å²) < 4.78 is 13.6. The number of anilines is 1. The number of nitrogens with one attached hydrogen (secondary N) is 1. The lowest BCUT2D eigenvalue weighted by molar-refractivity contribution is 0.613. The maximum Gasteiger partial charge on any atom is 0.129 e. The molecule has 2 rings (SSSR count). The number of rotatable bonds is 4. The van der Waals surface area contributed by atoms with Crippen molar-refractivity contribution in [2.45, 2.75) is 13.0 Å². The second-order valence-corrected chi connectivity index (χ2v) is 4.56. The summed E-state index contributed by atoms with van der Waals surface area (Å²) in [5.41, 5.74) is 2.41. The molecule has 0 aliphatic rings. The predicted octanol–water partition coefficient (Wildman–Crippen LogP) is 4.16. The van der Waals surface area contributed by atoms with Crippen LogP contribution in [0.2, 0.25) is 5.02 Å². The SMILES string of the molecule is N#CCc1ccc(NCc2ccc(Cl)cc2F)cc1. The average molecular weight is 275 g/mol. The van der Waals surface area contributed by atoms with Gasteiger partial charge in [-0.2, -0.15) is 5.26 Å². The Hall–Kier alpha value is -2.05. The fourth-order valence-electron chi connectivity index (χ4n) is 1.69. The van der Waals surface area contributed by atoms with E-state index in [1.807, 2.05) is 24.3 Å². The van der Waals surface area contributed by atoms with Gasteiger partial charge in [0, 0.05) is 22.8 Å². The van der Waals surface area contributed by atoms with Gasteiger partial charge < -0.3 is 5.32 Å². The van der Waals surface area contributed by atoms with Gasteiger partial charge in [0.25, 0.3) is 0 Å². The van der Waals surface area contributed by atoms with Crippen molar-refractivity contribution in [2.75, 3.05) is 5.32 Å². The third-order valence-corrected chi connectivity index (χ3v) is 2.97. The Morgan fingerprint density at radius 3 is 2.53 bits per heavy atom. The number of nitrogens with zero attached hydrogens (tertiary/aromatic N) is 1. The molecule has 1 N–H and O–H groups in total. The van der Waals surface area contributed by atoms with Crippen LogP contribution >= 0.6 is 11.6 Å². The van der Waals surface area contributed by atoms with E-state index in [0.717, 1.165) is 11.3 Å². The Morgan fingerprint density at radius 1 is 1.16 bits per heavy atom. The number of hydrogen-bond donors (Lipinski definition) is 1. The standard InChI is InChI=1S/C15H12ClFN2/c16-13-4-3-12(15(17)9-13)10-19-14-5-1-11(2-6-14)7-8-18/h1-6,9,19H,7,10H2. The molecule has 0 aliphatic heterocycles. The van der Waals surface area contributed by atoms with Gasteiger partial charge in [-0.3, -0.25) is 0 Å². The minimum Gasteiger partial charge on any atom is -0.381 e. The molecule has 0 heterocycles. The third-order valence-electron chi connectivity index (χ3n) is 2.74. The topological polar surface area (TPSA) is 35.8 Å². The van der Waals surface area contributed by atoms with Crippen LogP contribution < -0.4 is 5.32 Å².